The highest BCUT2D eigenvalue weighted by Gasteiger charge is 2.03. The fraction of sp³-hybridized carbons (Fsp3) is 0.273. The molecule has 0 saturated carbocycles. The molecule has 0 aromatic carbocycles. The molecule has 18 heavy (non-hydrogen) atoms. The first kappa shape index (κ1) is 12.0. The fourth-order valence-corrected chi connectivity index (χ4v) is 1.44. The molecule has 2 N–H and O–H groups in total. The van der Waals surface area contributed by atoms with Crippen molar-refractivity contribution in [1.29, 1.82) is 0 Å². The Kier molecular flexibility index (Phi) is 3.52. The molecule has 0 aliphatic rings. The van der Waals surface area contributed by atoms with Gasteiger partial charge in [0.1, 0.15) is 12.0 Å². The molecule has 0 spiro atoms. The maximum absolute atomic E-state index is 10.6. The van der Waals surface area contributed by atoms with Crippen LogP contribution in [0.25, 0.3) is 0 Å². The van der Waals surface area contributed by atoms with Crippen LogP contribution in [0.5, 0.6) is 0 Å². The van der Waals surface area contributed by atoms with E-state index in [-0.39, 0.29) is 5.69 Å². The maximum atomic E-state index is 10.6. The smallest absolute Gasteiger partial charge is 0.354 e. The Morgan fingerprint density at radius 2 is 2.28 bits per heavy atom. The average Bonchev–Trinajstić information content (AvgIpc) is 2.76. The number of carboxylic acid groups (broad SMARTS) is 1. The van der Waals surface area contributed by atoms with Gasteiger partial charge in [0, 0.05) is 20.0 Å². The summed E-state index contributed by atoms with van der Waals surface area (Å²) in [5.74, 6) is -0.264. The predicted molar refractivity (Wildman–Crippen MR) is 64.4 cm³/mol. The normalized spacial score (nSPS) is 10.3. The fourth-order valence-electron chi connectivity index (χ4n) is 1.44. The number of rotatable bonds is 5. The van der Waals surface area contributed by atoms with E-state index < -0.39 is 5.97 Å². The predicted octanol–water partition coefficient (Wildman–Crippen LogP) is 0.563. The van der Waals surface area contributed by atoms with E-state index in [1.54, 1.807) is 17.1 Å². The van der Waals surface area contributed by atoms with Gasteiger partial charge in [0.15, 0.2) is 5.82 Å². The zero-order chi connectivity index (χ0) is 13.0. The van der Waals surface area contributed by atoms with E-state index in [0.29, 0.717) is 13.0 Å². The standard InChI is InChI=1S/C11H13N5O2/c1-16-7-14-10(15-16)4-5-12-8-2-3-9(11(17)18)13-6-8/h2-3,6-7,12H,4-5H2,1H3,(H,17,18). The first-order chi connectivity index (χ1) is 8.65. The van der Waals surface area contributed by atoms with Crippen LogP contribution in [-0.2, 0) is 13.5 Å². The van der Waals surface area contributed by atoms with E-state index in [1.165, 1.54) is 12.3 Å². The molecule has 0 aliphatic heterocycles. The molecule has 0 amide bonds. The lowest BCUT2D eigenvalue weighted by Gasteiger charge is -2.04. The van der Waals surface area contributed by atoms with Crippen molar-refractivity contribution >= 4 is 11.7 Å². The molecule has 0 unspecified atom stereocenters. The Labute approximate surface area is 104 Å². The highest BCUT2D eigenvalue weighted by molar-refractivity contribution is 5.85. The lowest BCUT2D eigenvalue weighted by atomic mass is 10.3. The number of aromatic nitrogens is 4. The SMILES string of the molecule is Cn1cnc(CCNc2ccc(C(=O)O)nc2)n1. The van der Waals surface area contributed by atoms with Gasteiger partial charge in [0.2, 0.25) is 0 Å². The topological polar surface area (TPSA) is 92.9 Å². The number of aryl methyl sites for hydroxylation is 1. The van der Waals surface area contributed by atoms with Crippen molar-refractivity contribution in [1.82, 2.24) is 19.7 Å². The highest BCUT2D eigenvalue weighted by Crippen LogP contribution is 2.06. The molecule has 2 heterocycles. The zero-order valence-electron chi connectivity index (χ0n) is 9.87. The summed E-state index contributed by atoms with van der Waals surface area (Å²) in [6.07, 6.45) is 3.84. The monoisotopic (exact) mass is 247 g/mol. The third-order valence-electron chi connectivity index (χ3n) is 2.31. The Balaban J connectivity index is 1.85. The molecule has 2 aromatic rings. The Morgan fingerprint density at radius 1 is 1.44 bits per heavy atom. The van der Waals surface area contributed by atoms with Crippen molar-refractivity contribution in [2.75, 3.05) is 11.9 Å². The number of hydrogen-bond donors (Lipinski definition) is 2. The molecular formula is C11H13N5O2. The summed E-state index contributed by atoms with van der Waals surface area (Å²) in [5, 5.41) is 16.0. The van der Waals surface area contributed by atoms with E-state index in [0.717, 1.165) is 11.5 Å². The minimum absolute atomic E-state index is 0.0342. The maximum Gasteiger partial charge on any atom is 0.354 e. The third kappa shape index (κ3) is 3.03. The van der Waals surface area contributed by atoms with Crippen molar-refractivity contribution < 1.29 is 9.90 Å². The number of anilines is 1. The van der Waals surface area contributed by atoms with Crippen LogP contribution in [0, 0.1) is 0 Å². The van der Waals surface area contributed by atoms with Gasteiger partial charge in [-0.15, -0.1) is 0 Å². The van der Waals surface area contributed by atoms with Crippen molar-refractivity contribution in [2.24, 2.45) is 7.05 Å². The summed E-state index contributed by atoms with van der Waals surface area (Å²) in [4.78, 5) is 18.5. The van der Waals surface area contributed by atoms with Gasteiger partial charge in [-0.3, -0.25) is 4.68 Å². The van der Waals surface area contributed by atoms with Crippen LogP contribution in [0.2, 0.25) is 0 Å². The quantitative estimate of drug-likeness (QED) is 0.802. The van der Waals surface area contributed by atoms with Gasteiger partial charge in [-0.2, -0.15) is 5.10 Å². The molecule has 0 bridgehead atoms. The number of hydrogen-bond acceptors (Lipinski definition) is 5. The Morgan fingerprint density at radius 3 is 2.83 bits per heavy atom. The molecule has 2 rings (SSSR count). The lowest BCUT2D eigenvalue weighted by Crippen LogP contribution is -2.07. The minimum atomic E-state index is -1.03. The van der Waals surface area contributed by atoms with Crippen LogP contribution in [0.1, 0.15) is 16.3 Å². The van der Waals surface area contributed by atoms with Crippen molar-refractivity contribution in [3.05, 3.63) is 36.2 Å². The molecule has 2 aromatic heterocycles. The van der Waals surface area contributed by atoms with Gasteiger partial charge in [0.05, 0.1) is 11.9 Å². The number of pyridine rings is 1. The van der Waals surface area contributed by atoms with Gasteiger partial charge in [-0.1, -0.05) is 0 Å². The van der Waals surface area contributed by atoms with Gasteiger partial charge in [-0.05, 0) is 12.1 Å². The molecule has 0 fully saturated rings. The summed E-state index contributed by atoms with van der Waals surface area (Å²) in [6, 6.07) is 3.14. The van der Waals surface area contributed by atoms with Crippen molar-refractivity contribution in [3.8, 4) is 0 Å². The molecule has 7 heteroatoms. The first-order valence-corrected chi connectivity index (χ1v) is 5.43. The number of carboxylic acids is 1. The van der Waals surface area contributed by atoms with E-state index in [2.05, 4.69) is 20.4 Å². The Bertz CT molecular complexity index is 535. The first-order valence-electron chi connectivity index (χ1n) is 5.43. The van der Waals surface area contributed by atoms with Gasteiger partial charge in [-0.25, -0.2) is 14.8 Å². The molecule has 0 aliphatic carbocycles. The molecule has 0 radical (unpaired) electrons. The minimum Gasteiger partial charge on any atom is -0.477 e. The van der Waals surface area contributed by atoms with E-state index in [1.807, 2.05) is 7.05 Å². The lowest BCUT2D eigenvalue weighted by molar-refractivity contribution is 0.0690. The molecule has 7 nitrogen and oxygen atoms in total. The number of nitrogens with zero attached hydrogens (tertiary/aromatic N) is 4. The second-order valence-electron chi connectivity index (χ2n) is 3.75. The van der Waals surface area contributed by atoms with Crippen molar-refractivity contribution in [2.45, 2.75) is 6.42 Å². The molecule has 94 valence electrons. The second-order valence-corrected chi connectivity index (χ2v) is 3.75. The van der Waals surface area contributed by atoms with E-state index >= 15 is 0 Å². The molecular weight excluding hydrogens is 234 g/mol. The molecule has 0 atom stereocenters. The summed E-state index contributed by atoms with van der Waals surface area (Å²) in [7, 11) is 1.82. The van der Waals surface area contributed by atoms with Crippen LogP contribution in [0.15, 0.2) is 24.7 Å². The summed E-state index contributed by atoms with van der Waals surface area (Å²) < 4.78 is 1.65. The van der Waals surface area contributed by atoms with Crippen LogP contribution in [0.4, 0.5) is 5.69 Å². The number of nitrogens with one attached hydrogen (secondary N) is 1. The van der Waals surface area contributed by atoms with Gasteiger partial charge in [0.25, 0.3) is 0 Å². The van der Waals surface area contributed by atoms with Crippen LogP contribution in [0.3, 0.4) is 0 Å². The number of carbonyl (C=O) groups is 1. The summed E-state index contributed by atoms with van der Waals surface area (Å²) >= 11 is 0. The third-order valence-corrected chi connectivity index (χ3v) is 2.31. The zero-order valence-corrected chi connectivity index (χ0v) is 9.87. The van der Waals surface area contributed by atoms with E-state index in [9.17, 15) is 4.79 Å². The van der Waals surface area contributed by atoms with Crippen LogP contribution in [-0.4, -0.2) is 37.4 Å². The van der Waals surface area contributed by atoms with Crippen LogP contribution < -0.4 is 5.32 Å². The largest absolute Gasteiger partial charge is 0.477 e. The van der Waals surface area contributed by atoms with Crippen LogP contribution >= 0.6 is 0 Å². The number of aromatic carboxylic acids is 1. The van der Waals surface area contributed by atoms with Gasteiger partial charge < -0.3 is 10.4 Å². The summed E-state index contributed by atoms with van der Waals surface area (Å²) in [5.41, 5.74) is 0.808. The summed E-state index contributed by atoms with van der Waals surface area (Å²) in [6.45, 7) is 0.665. The Hall–Kier alpha value is -2.44. The highest BCUT2D eigenvalue weighted by atomic mass is 16.4. The van der Waals surface area contributed by atoms with Crippen molar-refractivity contribution in [3.63, 3.8) is 0 Å². The van der Waals surface area contributed by atoms with E-state index in [4.69, 9.17) is 5.11 Å². The second kappa shape index (κ2) is 5.26. The molecule has 0 saturated heterocycles. The van der Waals surface area contributed by atoms with Gasteiger partial charge >= 0.3 is 5.97 Å². The average molecular weight is 247 g/mol.